The van der Waals surface area contributed by atoms with Crippen LogP contribution < -0.4 is 15.0 Å². The summed E-state index contributed by atoms with van der Waals surface area (Å²) in [5, 5.41) is 12.1. The highest BCUT2D eigenvalue weighted by Gasteiger charge is 2.30. The van der Waals surface area contributed by atoms with E-state index in [1.54, 1.807) is 18.9 Å². The summed E-state index contributed by atoms with van der Waals surface area (Å²) in [5.41, 5.74) is 1.97. The topological polar surface area (TPSA) is 138 Å². The summed E-state index contributed by atoms with van der Waals surface area (Å²) < 4.78 is 10.9. The normalized spacial score (nSPS) is 17.7. The number of aromatic nitrogens is 2. The molecule has 37 heavy (non-hydrogen) atoms. The van der Waals surface area contributed by atoms with E-state index in [1.807, 2.05) is 19.1 Å². The molecule has 4 heterocycles. The summed E-state index contributed by atoms with van der Waals surface area (Å²) >= 11 is 0. The lowest BCUT2D eigenvalue weighted by Gasteiger charge is -2.29. The van der Waals surface area contributed by atoms with Gasteiger partial charge in [-0.2, -0.15) is 5.26 Å². The first-order chi connectivity index (χ1) is 17.8. The molecule has 1 fully saturated rings. The maximum absolute atomic E-state index is 13.2. The Bertz CT molecular complexity index is 1240. The lowest BCUT2D eigenvalue weighted by molar-refractivity contribution is -0.131. The van der Waals surface area contributed by atoms with Gasteiger partial charge in [-0.15, -0.1) is 0 Å². The van der Waals surface area contributed by atoms with Crippen molar-refractivity contribution in [2.45, 2.75) is 45.8 Å². The number of methoxy groups -OCH3 is 1. The van der Waals surface area contributed by atoms with Gasteiger partial charge in [0.05, 0.1) is 12.8 Å². The molecule has 0 bridgehead atoms. The Morgan fingerprint density at radius 2 is 2.19 bits per heavy atom. The number of rotatable bonds is 8. The number of nitrogens with one attached hydrogen (secondary N) is 1. The van der Waals surface area contributed by atoms with Crippen LogP contribution in [0.25, 0.3) is 0 Å². The molecule has 2 aromatic heterocycles. The number of hydrogen-bond donors (Lipinski definition) is 1. The molecule has 194 valence electrons. The zero-order valence-electron chi connectivity index (χ0n) is 21.2. The van der Waals surface area contributed by atoms with Gasteiger partial charge in [0, 0.05) is 44.3 Å². The fourth-order valence-electron chi connectivity index (χ4n) is 4.59. The van der Waals surface area contributed by atoms with E-state index < -0.39 is 6.03 Å². The van der Waals surface area contributed by atoms with Crippen molar-refractivity contribution in [2.75, 3.05) is 37.0 Å². The molecule has 11 nitrogen and oxygen atoms in total. The highest BCUT2D eigenvalue weighted by molar-refractivity contribution is 6.01. The third-order valence-electron chi connectivity index (χ3n) is 6.51. The lowest BCUT2D eigenvalue weighted by atomic mass is 10.0. The molecule has 0 aromatic carbocycles. The maximum Gasteiger partial charge on any atom is 0.328 e. The summed E-state index contributed by atoms with van der Waals surface area (Å²) in [6.07, 6.45) is 3.90. The van der Waals surface area contributed by atoms with Crippen LogP contribution >= 0.6 is 0 Å². The zero-order valence-corrected chi connectivity index (χ0v) is 21.2. The van der Waals surface area contributed by atoms with Gasteiger partial charge in [-0.25, -0.2) is 14.8 Å². The van der Waals surface area contributed by atoms with Crippen LogP contribution in [-0.4, -0.2) is 66.0 Å². The number of aryl methyl sites for hydroxylation is 1. The molecule has 2 aliphatic rings. The molecular weight excluding hydrogens is 476 g/mol. The van der Waals surface area contributed by atoms with E-state index in [4.69, 9.17) is 9.47 Å². The minimum atomic E-state index is -0.463. The average Bonchev–Trinajstić information content (AvgIpc) is 3.20. The second-order valence-electron chi connectivity index (χ2n) is 9.33. The molecule has 2 aromatic rings. The van der Waals surface area contributed by atoms with Gasteiger partial charge in [0.25, 0.3) is 0 Å². The standard InChI is InChI=1S/C26H30N6O5/c1-16-6-8-31(25(16)34)13-19-9-18-5-4-7-32(24(18)29-21(19)14-33)26(35)30-23-10-22(20(11-27)12-28-23)37-17(2)15-36-3/h9-10,12,14,16-17H,4-8,13,15H2,1-3H3,(H,28,30,35)/t16-,17+/m0/s1. The number of fused-ring (bicyclic) bond motifs is 1. The molecule has 11 heteroatoms. The van der Waals surface area contributed by atoms with Gasteiger partial charge in [-0.1, -0.05) is 6.92 Å². The van der Waals surface area contributed by atoms with Crippen molar-refractivity contribution >= 4 is 29.9 Å². The van der Waals surface area contributed by atoms with Crippen LogP contribution in [0.4, 0.5) is 16.4 Å². The van der Waals surface area contributed by atoms with Crippen molar-refractivity contribution in [1.82, 2.24) is 14.9 Å². The van der Waals surface area contributed by atoms with E-state index in [0.717, 1.165) is 12.0 Å². The largest absolute Gasteiger partial charge is 0.487 e. The van der Waals surface area contributed by atoms with Crippen molar-refractivity contribution in [1.29, 1.82) is 5.26 Å². The summed E-state index contributed by atoms with van der Waals surface area (Å²) in [6.45, 7) is 5.43. The molecule has 2 aliphatic heterocycles. The molecule has 1 N–H and O–H groups in total. The molecule has 0 saturated carbocycles. The Morgan fingerprint density at radius 1 is 1.38 bits per heavy atom. The van der Waals surface area contributed by atoms with E-state index in [2.05, 4.69) is 15.3 Å². The number of carbonyl (C=O) groups is 3. The van der Waals surface area contributed by atoms with Gasteiger partial charge in [-0.3, -0.25) is 19.8 Å². The van der Waals surface area contributed by atoms with Gasteiger partial charge in [0.2, 0.25) is 5.91 Å². The summed E-state index contributed by atoms with van der Waals surface area (Å²) in [5.74, 6) is 0.965. The summed E-state index contributed by atoms with van der Waals surface area (Å²) in [4.78, 5) is 49.4. The van der Waals surface area contributed by atoms with Gasteiger partial charge in [0.1, 0.15) is 40.8 Å². The van der Waals surface area contributed by atoms with Crippen LogP contribution in [0.5, 0.6) is 5.75 Å². The quantitative estimate of drug-likeness (QED) is 0.540. The van der Waals surface area contributed by atoms with Crippen molar-refractivity contribution in [3.63, 3.8) is 0 Å². The highest BCUT2D eigenvalue weighted by Crippen LogP contribution is 2.30. The zero-order chi connectivity index (χ0) is 26.5. The molecule has 0 spiro atoms. The number of urea groups is 1. The smallest absolute Gasteiger partial charge is 0.328 e. The van der Waals surface area contributed by atoms with Crippen molar-refractivity contribution in [2.24, 2.45) is 5.92 Å². The Hall–Kier alpha value is -4.04. The SMILES string of the molecule is COC[C@@H](C)Oc1cc(NC(=O)N2CCCc3cc(CN4CC[C@H](C)C4=O)c(C=O)nc32)ncc1C#N. The molecule has 0 radical (unpaired) electrons. The Kier molecular flexibility index (Phi) is 7.98. The predicted molar refractivity (Wildman–Crippen MR) is 134 cm³/mol. The third kappa shape index (κ3) is 5.70. The number of likely N-dealkylation sites (tertiary alicyclic amines) is 1. The predicted octanol–water partition coefficient (Wildman–Crippen LogP) is 2.93. The molecular formula is C26H30N6O5. The molecule has 0 aliphatic carbocycles. The van der Waals surface area contributed by atoms with Crippen LogP contribution in [0.15, 0.2) is 18.3 Å². The highest BCUT2D eigenvalue weighted by atomic mass is 16.5. The first-order valence-corrected chi connectivity index (χ1v) is 12.3. The molecule has 2 atom stereocenters. The second-order valence-corrected chi connectivity index (χ2v) is 9.33. The van der Waals surface area contributed by atoms with Crippen LogP contribution in [0.3, 0.4) is 0 Å². The van der Waals surface area contributed by atoms with Crippen LogP contribution in [0, 0.1) is 17.2 Å². The molecule has 1 saturated heterocycles. The van der Waals surface area contributed by atoms with Crippen LogP contribution in [0.1, 0.15) is 53.9 Å². The number of amides is 3. The fourth-order valence-corrected chi connectivity index (χ4v) is 4.59. The van der Waals surface area contributed by atoms with Crippen LogP contribution in [0.2, 0.25) is 0 Å². The number of carbonyl (C=O) groups excluding carboxylic acids is 3. The van der Waals surface area contributed by atoms with Crippen molar-refractivity contribution in [3.05, 3.63) is 40.7 Å². The maximum atomic E-state index is 13.2. The first-order valence-electron chi connectivity index (χ1n) is 12.3. The Balaban J connectivity index is 1.55. The minimum absolute atomic E-state index is 0.0191. The van der Waals surface area contributed by atoms with Gasteiger partial charge < -0.3 is 14.4 Å². The van der Waals surface area contributed by atoms with E-state index in [-0.39, 0.29) is 40.8 Å². The number of nitrogens with zero attached hydrogens (tertiary/aromatic N) is 5. The minimum Gasteiger partial charge on any atom is -0.487 e. The van der Waals surface area contributed by atoms with Crippen LogP contribution in [-0.2, 0) is 22.5 Å². The van der Waals surface area contributed by atoms with Crippen molar-refractivity contribution in [3.8, 4) is 11.8 Å². The van der Waals surface area contributed by atoms with Crippen molar-refractivity contribution < 1.29 is 23.9 Å². The summed E-state index contributed by atoms with van der Waals surface area (Å²) in [7, 11) is 1.55. The Labute approximate surface area is 215 Å². The number of pyridine rings is 2. The van der Waals surface area contributed by atoms with E-state index in [1.165, 1.54) is 17.2 Å². The van der Waals surface area contributed by atoms with Gasteiger partial charge in [-0.05, 0) is 37.8 Å². The Morgan fingerprint density at radius 3 is 2.86 bits per heavy atom. The number of aldehydes is 1. The second kappa shape index (κ2) is 11.3. The number of anilines is 2. The third-order valence-corrected chi connectivity index (χ3v) is 6.51. The van der Waals surface area contributed by atoms with E-state index >= 15 is 0 Å². The fraction of sp³-hybridized carbons (Fsp3) is 0.462. The van der Waals surface area contributed by atoms with Gasteiger partial charge in [0.15, 0.2) is 6.29 Å². The molecule has 4 rings (SSSR count). The van der Waals surface area contributed by atoms with Gasteiger partial charge >= 0.3 is 6.03 Å². The monoisotopic (exact) mass is 506 g/mol. The average molecular weight is 507 g/mol. The first kappa shape index (κ1) is 26.0. The van der Waals surface area contributed by atoms with E-state index in [9.17, 15) is 19.6 Å². The number of hydrogen-bond acceptors (Lipinski definition) is 8. The number of ether oxygens (including phenoxy) is 2. The lowest BCUT2D eigenvalue weighted by Crippen LogP contribution is -2.40. The summed E-state index contributed by atoms with van der Waals surface area (Å²) in [6, 6.07) is 4.94. The van der Waals surface area contributed by atoms with E-state index in [0.29, 0.717) is 56.8 Å². The number of nitriles is 1. The molecule has 0 unspecified atom stereocenters. The molecule has 3 amide bonds.